The standard InChI is InChI=1S/C20H19F2N3O3.C14H19N3O/c1-11-10-28-20-17(22)15(21)6-14-18(20)25(11)9-13(19(14)26)8-23-7-12-3-4-24-16(5-12)27-2;18-14-5-4-10-17(14)13-7-6-12(11-15-13)16-8-2-1-3-9-16/h3-6,9,11,23H,7-8,10H2,1-2H3;6-7,11H,1-5,8-10H2. The van der Waals surface area contributed by atoms with Crippen LogP contribution in [0.15, 0.2) is 53.7 Å². The summed E-state index contributed by atoms with van der Waals surface area (Å²) in [6, 6.07) is 8.56. The molecular weight excluding hydrogens is 594 g/mol. The van der Waals surface area contributed by atoms with E-state index in [1.54, 1.807) is 35.0 Å². The topological polar surface area (TPSA) is 102 Å². The highest BCUT2D eigenvalue weighted by Crippen LogP contribution is 2.35. The molecule has 1 N–H and O–H groups in total. The van der Waals surface area contributed by atoms with E-state index in [-0.39, 0.29) is 41.7 Å². The van der Waals surface area contributed by atoms with Crippen LogP contribution in [0.3, 0.4) is 0 Å². The molecular formula is C34H38F2N6O4. The Bertz CT molecular complexity index is 1770. The smallest absolute Gasteiger partial charge is 0.228 e. The van der Waals surface area contributed by atoms with Gasteiger partial charge in [-0.3, -0.25) is 14.5 Å². The summed E-state index contributed by atoms with van der Waals surface area (Å²) in [6.07, 6.45) is 10.7. The number of ether oxygens (including phenoxy) is 2. The van der Waals surface area contributed by atoms with Gasteiger partial charge in [-0.1, -0.05) is 0 Å². The maximum absolute atomic E-state index is 14.1. The molecule has 6 heterocycles. The number of nitrogens with one attached hydrogen (secondary N) is 1. The lowest BCUT2D eigenvalue weighted by atomic mass is 10.1. The normalized spacial score (nSPS) is 17.5. The van der Waals surface area contributed by atoms with Crippen molar-refractivity contribution in [2.75, 3.05) is 43.2 Å². The lowest BCUT2D eigenvalue weighted by Crippen LogP contribution is -2.30. The zero-order valence-corrected chi connectivity index (χ0v) is 26.1. The number of anilines is 2. The Balaban J connectivity index is 0.000000178. The highest BCUT2D eigenvalue weighted by Gasteiger charge is 2.27. The molecule has 1 atom stereocenters. The summed E-state index contributed by atoms with van der Waals surface area (Å²) in [5.41, 5.74) is 2.56. The third-order valence-corrected chi connectivity index (χ3v) is 8.64. The van der Waals surface area contributed by atoms with Gasteiger partial charge in [0.1, 0.15) is 12.4 Å². The van der Waals surface area contributed by atoms with Gasteiger partial charge in [0.05, 0.1) is 35.9 Å². The summed E-state index contributed by atoms with van der Waals surface area (Å²) in [5.74, 6) is -0.840. The molecule has 3 aliphatic rings. The molecule has 242 valence electrons. The molecule has 3 aliphatic heterocycles. The van der Waals surface area contributed by atoms with Crippen LogP contribution in [0.2, 0.25) is 0 Å². The second-order valence-corrected chi connectivity index (χ2v) is 11.8. The number of nitrogens with zero attached hydrogens (tertiary/aromatic N) is 5. The van der Waals surface area contributed by atoms with Crippen molar-refractivity contribution in [3.63, 3.8) is 0 Å². The van der Waals surface area contributed by atoms with E-state index in [0.717, 1.165) is 43.5 Å². The van der Waals surface area contributed by atoms with Crippen molar-refractivity contribution >= 4 is 28.3 Å². The molecule has 0 saturated carbocycles. The molecule has 0 spiro atoms. The number of aromatic nitrogens is 3. The molecule has 46 heavy (non-hydrogen) atoms. The average molecular weight is 633 g/mol. The summed E-state index contributed by atoms with van der Waals surface area (Å²) in [6.45, 7) is 5.95. The van der Waals surface area contributed by atoms with E-state index in [1.165, 1.54) is 24.9 Å². The van der Waals surface area contributed by atoms with Crippen LogP contribution in [0.25, 0.3) is 10.9 Å². The minimum atomic E-state index is -1.09. The summed E-state index contributed by atoms with van der Waals surface area (Å²) >= 11 is 0. The number of hydrogen-bond acceptors (Lipinski definition) is 8. The fourth-order valence-corrected chi connectivity index (χ4v) is 6.16. The number of benzene rings is 1. The number of halogens is 2. The molecule has 7 rings (SSSR count). The fraction of sp³-hybridized carbons (Fsp3) is 0.412. The van der Waals surface area contributed by atoms with Gasteiger partial charge < -0.3 is 24.3 Å². The Kier molecular flexibility index (Phi) is 9.43. The van der Waals surface area contributed by atoms with Gasteiger partial charge in [0.2, 0.25) is 17.6 Å². The second-order valence-electron chi connectivity index (χ2n) is 11.8. The zero-order valence-electron chi connectivity index (χ0n) is 26.1. The first kappa shape index (κ1) is 31.4. The van der Waals surface area contributed by atoms with Crippen LogP contribution < -0.4 is 30.0 Å². The van der Waals surface area contributed by atoms with Gasteiger partial charge in [0, 0.05) is 63.2 Å². The van der Waals surface area contributed by atoms with E-state index < -0.39 is 11.6 Å². The first-order valence-corrected chi connectivity index (χ1v) is 15.7. The zero-order chi connectivity index (χ0) is 32.2. The van der Waals surface area contributed by atoms with Crippen LogP contribution in [-0.2, 0) is 17.9 Å². The Morgan fingerprint density at radius 1 is 1.02 bits per heavy atom. The molecule has 3 aromatic heterocycles. The van der Waals surface area contributed by atoms with E-state index in [4.69, 9.17) is 9.47 Å². The average Bonchev–Trinajstić information content (AvgIpc) is 3.52. The molecule has 1 amide bonds. The van der Waals surface area contributed by atoms with E-state index >= 15 is 0 Å². The van der Waals surface area contributed by atoms with E-state index in [2.05, 4.69) is 26.3 Å². The SMILES string of the molecule is COc1cc(CNCc2cn3c4c(c(F)c(F)cc4c2=O)OCC3C)ccn1.O=C1CCCN1c1ccc(N2CCCCC2)cn1. The van der Waals surface area contributed by atoms with Crippen molar-refractivity contribution in [2.24, 2.45) is 0 Å². The minimum Gasteiger partial charge on any atom is -0.486 e. The van der Waals surface area contributed by atoms with Crippen LogP contribution in [0.1, 0.15) is 56.2 Å². The highest BCUT2D eigenvalue weighted by molar-refractivity contribution is 5.94. The van der Waals surface area contributed by atoms with Crippen LogP contribution in [0.4, 0.5) is 20.3 Å². The van der Waals surface area contributed by atoms with Crippen LogP contribution >= 0.6 is 0 Å². The molecule has 12 heteroatoms. The first-order chi connectivity index (χ1) is 22.3. The van der Waals surface area contributed by atoms with Crippen molar-refractivity contribution in [1.82, 2.24) is 19.9 Å². The summed E-state index contributed by atoms with van der Waals surface area (Å²) in [5, 5.41) is 3.32. The number of carbonyl (C=O) groups excluding carboxylic acids is 1. The number of carbonyl (C=O) groups is 1. The van der Waals surface area contributed by atoms with Crippen molar-refractivity contribution < 1.29 is 23.0 Å². The van der Waals surface area contributed by atoms with Gasteiger partial charge in [-0.15, -0.1) is 0 Å². The predicted octanol–water partition coefficient (Wildman–Crippen LogP) is 5.13. The molecule has 0 aliphatic carbocycles. The predicted molar refractivity (Wildman–Crippen MR) is 172 cm³/mol. The van der Waals surface area contributed by atoms with Crippen LogP contribution in [0, 0.1) is 11.6 Å². The number of amides is 1. The molecule has 1 aromatic carbocycles. The van der Waals surface area contributed by atoms with Crippen LogP contribution in [-0.4, -0.2) is 53.8 Å². The monoisotopic (exact) mass is 632 g/mol. The maximum Gasteiger partial charge on any atom is 0.228 e. The van der Waals surface area contributed by atoms with Crippen LogP contribution in [0.5, 0.6) is 11.6 Å². The molecule has 2 fully saturated rings. The number of piperidine rings is 1. The molecule has 0 radical (unpaired) electrons. The maximum atomic E-state index is 14.1. The number of methoxy groups -OCH3 is 1. The Hall–Kier alpha value is -4.58. The number of rotatable bonds is 7. The summed E-state index contributed by atoms with van der Waals surface area (Å²) in [7, 11) is 1.54. The lowest BCUT2D eigenvalue weighted by molar-refractivity contribution is -0.117. The van der Waals surface area contributed by atoms with Gasteiger partial charge in [-0.05, 0) is 62.4 Å². The third kappa shape index (κ3) is 6.53. The van der Waals surface area contributed by atoms with Gasteiger partial charge in [-0.25, -0.2) is 14.4 Å². The van der Waals surface area contributed by atoms with Crippen molar-refractivity contribution in [2.45, 2.75) is 58.2 Å². The van der Waals surface area contributed by atoms with Gasteiger partial charge in [0.15, 0.2) is 17.0 Å². The Labute approximate surface area is 266 Å². The molecule has 10 nitrogen and oxygen atoms in total. The largest absolute Gasteiger partial charge is 0.486 e. The van der Waals surface area contributed by atoms with Gasteiger partial charge >= 0.3 is 0 Å². The van der Waals surface area contributed by atoms with Crippen molar-refractivity contribution in [3.05, 3.63) is 81.9 Å². The number of hydrogen-bond donors (Lipinski definition) is 1. The third-order valence-electron chi connectivity index (χ3n) is 8.64. The minimum absolute atomic E-state index is 0.108. The van der Waals surface area contributed by atoms with E-state index in [1.807, 2.05) is 25.3 Å². The fourth-order valence-electron chi connectivity index (χ4n) is 6.16. The second kappa shape index (κ2) is 13.8. The quantitative estimate of drug-likeness (QED) is 0.300. The Morgan fingerprint density at radius 3 is 2.57 bits per heavy atom. The van der Waals surface area contributed by atoms with Crippen molar-refractivity contribution in [3.8, 4) is 11.6 Å². The number of pyridine rings is 3. The molecule has 1 unspecified atom stereocenters. The van der Waals surface area contributed by atoms with Gasteiger partial charge in [-0.2, -0.15) is 4.39 Å². The molecule has 4 aromatic rings. The Morgan fingerprint density at radius 2 is 1.85 bits per heavy atom. The molecule has 2 saturated heterocycles. The van der Waals surface area contributed by atoms with E-state index in [9.17, 15) is 18.4 Å². The highest BCUT2D eigenvalue weighted by atomic mass is 19.2. The molecule has 0 bridgehead atoms. The first-order valence-electron chi connectivity index (χ1n) is 15.7. The van der Waals surface area contributed by atoms with Crippen molar-refractivity contribution in [1.29, 1.82) is 0 Å². The van der Waals surface area contributed by atoms with Gasteiger partial charge in [0.25, 0.3) is 0 Å². The lowest BCUT2D eigenvalue weighted by Gasteiger charge is -2.28. The summed E-state index contributed by atoms with van der Waals surface area (Å²) < 4.78 is 40.3. The van der Waals surface area contributed by atoms with E-state index in [0.29, 0.717) is 29.9 Å². The summed E-state index contributed by atoms with van der Waals surface area (Å²) in [4.78, 5) is 37.2.